The van der Waals surface area contributed by atoms with Crippen LogP contribution in [0.5, 0.6) is 0 Å². The molecule has 1 N–H and O–H groups in total. The second kappa shape index (κ2) is 15.6. The number of carbonyl (C=O) groups is 1. The summed E-state index contributed by atoms with van der Waals surface area (Å²) in [4.78, 5) is 11.2. The van der Waals surface area contributed by atoms with Gasteiger partial charge in [0.05, 0.1) is 0 Å². The third-order valence-corrected chi connectivity index (χ3v) is 3.76. The van der Waals surface area contributed by atoms with Gasteiger partial charge in [0, 0.05) is 0 Å². The molecule has 0 aliphatic carbocycles. The van der Waals surface area contributed by atoms with Gasteiger partial charge in [-0.15, -0.1) is 0 Å². The average Bonchev–Trinajstić information content (AvgIpc) is 2.43. The minimum absolute atomic E-state index is 0. The Kier molecular flexibility index (Phi) is 17.2. The first-order chi connectivity index (χ1) is 10.4. The van der Waals surface area contributed by atoms with Crippen molar-refractivity contribution in [2.45, 2.75) is 77.4 Å². The Morgan fingerprint density at radius 2 is 1.61 bits per heavy atom. The monoisotopic (exact) mass is 357 g/mol. The standard InChI is InChI=1S/C15H29NO5S.Na/c1-3-5-6-7-8-9-10-11-12-13-15(16-14(17)4-2)21-22(18,19)20;/h4,15H,2-3,5-13H2,1H3,(H,16,17)(H,18,19,20);/q;+1/p-1. The van der Waals surface area contributed by atoms with E-state index in [9.17, 15) is 17.8 Å². The number of rotatable bonds is 14. The fraction of sp³-hybridized carbons (Fsp3) is 0.800. The Bertz CT molecular complexity index is 414. The van der Waals surface area contributed by atoms with Crippen molar-refractivity contribution in [1.29, 1.82) is 0 Å². The van der Waals surface area contributed by atoms with E-state index in [1.807, 2.05) is 0 Å². The van der Waals surface area contributed by atoms with Gasteiger partial charge in [-0.25, -0.2) is 8.42 Å². The molecule has 0 aromatic rings. The molecular formula is C15H28NNaO5S. The Labute approximate surface area is 162 Å². The van der Waals surface area contributed by atoms with Crippen LogP contribution in [0.3, 0.4) is 0 Å². The zero-order valence-corrected chi connectivity index (χ0v) is 17.2. The molecule has 0 saturated heterocycles. The predicted octanol–water partition coefficient (Wildman–Crippen LogP) is 0.0164. The van der Waals surface area contributed by atoms with Crippen LogP contribution in [0.1, 0.15) is 71.1 Å². The summed E-state index contributed by atoms with van der Waals surface area (Å²) in [7, 11) is -4.84. The van der Waals surface area contributed by atoms with Gasteiger partial charge in [0.25, 0.3) is 0 Å². The summed E-state index contributed by atoms with van der Waals surface area (Å²) in [5, 5.41) is 2.29. The van der Waals surface area contributed by atoms with Crippen LogP contribution in [-0.2, 0) is 19.4 Å². The Hall–Kier alpha value is 0.0800. The maximum atomic E-state index is 11.2. The average molecular weight is 357 g/mol. The van der Waals surface area contributed by atoms with E-state index in [1.54, 1.807) is 0 Å². The van der Waals surface area contributed by atoms with Crippen LogP contribution in [0.25, 0.3) is 0 Å². The third kappa shape index (κ3) is 18.3. The second-order valence-electron chi connectivity index (χ2n) is 5.32. The summed E-state index contributed by atoms with van der Waals surface area (Å²) in [6, 6.07) is 0. The van der Waals surface area contributed by atoms with E-state index in [0.29, 0.717) is 6.42 Å². The van der Waals surface area contributed by atoms with E-state index in [4.69, 9.17) is 0 Å². The van der Waals surface area contributed by atoms with Gasteiger partial charge in [-0.2, -0.15) is 0 Å². The van der Waals surface area contributed by atoms with Crippen LogP contribution in [0.15, 0.2) is 12.7 Å². The largest absolute Gasteiger partial charge is 1.00 e. The number of carbonyl (C=O) groups excluding carboxylic acids is 1. The first kappa shape index (κ1) is 25.3. The molecule has 130 valence electrons. The molecule has 1 unspecified atom stereocenters. The van der Waals surface area contributed by atoms with Crippen LogP contribution in [0.2, 0.25) is 0 Å². The van der Waals surface area contributed by atoms with E-state index in [2.05, 4.69) is 23.0 Å². The van der Waals surface area contributed by atoms with E-state index in [-0.39, 0.29) is 36.0 Å². The first-order valence-electron chi connectivity index (χ1n) is 7.96. The van der Waals surface area contributed by atoms with Crippen molar-refractivity contribution in [1.82, 2.24) is 5.32 Å². The van der Waals surface area contributed by atoms with Gasteiger partial charge < -0.3 is 9.87 Å². The minimum Gasteiger partial charge on any atom is -0.725 e. The van der Waals surface area contributed by atoms with E-state index >= 15 is 0 Å². The van der Waals surface area contributed by atoms with Gasteiger partial charge in [-0.3, -0.25) is 8.98 Å². The van der Waals surface area contributed by atoms with Gasteiger partial charge in [0.15, 0.2) is 0 Å². The van der Waals surface area contributed by atoms with Crippen molar-refractivity contribution < 1.29 is 51.5 Å². The van der Waals surface area contributed by atoms with Crippen molar-refractivity contribution in [2.24, 2.45) is 0 Å². The first-order valence-corrected chi connectivity index (χ1v) is 9.29. The van der Waals surface area contributed by atoms with Gasteiger partial charge in [-0.1, -0.05) is 64.9 Å². The molecule has 1 amide bonds. The molecule has 0 aromatic heterocycles. The summed E-state index contributed by atoms with van der Waals surface area (Å²) in [5.74, 6) is -0.565. The summed E-state index contributed by atoms with van der Waals surface area (Å²) in [6.45, 7) is 5.45. The molecule has 23 heavy (non-hydrogen) atoms. The van der Waals surface area contributed by atoms with E-state index in [0.717, 1.165) is 25.3 Å². The maximum Gasteiger partial charge on any atom is 1.00 e. The van der Waals surface area contributed by atoms with E-state index < -0.39 is 22.5 Å². The Morgan fingerprint density at radius 1 is 1.13 bits per heavy atom. The van der Waals surface area contributed by atoms with Crippen molar-refractivity contribution >= 4 is 16.3 Å². The molecule has 0 heterocycles. The molecule has 8 heteroatoms. The van der Waals surface area contributed by atoms with Crippen LogP contribution in [0, 0.1) is 0 Å². The summed E-state index contributed by atoms with van der Waals surface area (Å²) in [6.07, 6.45) is 10.2. The SMILES string of the molecule is C=CC(=O)NC(CCCCCCCCCCC)OS(=O)(=O)[O-].[Na+]. The molecule has 0 fully saturated rings. The maximum absolute atomic E-state index is 11.2. The number of hydrogen-bond acceptors (Lipinski definition) is 5. The van der Waals surface area contributed by atoms with Crippen molar-refractivity contribution in [2.75, 3.05) is 0 Å². The van der Waals surface area contributed by atoms with Gasteiger partial charge in [-0.05, 0) is 18.9 Å². The molecule has 0 aliphatic heterocycles. The van der Waals surface area contributed by atoms with Crippen molar-refractivity contribution in [3.8, 4) is 0 Å². The van der Waals surface area contributed by atoms with Crippen LogP contribution in [-0.4, -0.2) is 25.1 Å². The van der Waals surface area contributed by atoms with Gasteiger partial charge in [0.1, 0.15) is 6.23 Å². The van der Waals surface area contributed by atoms with E-state index in [1.165, 1.54) is 32.1 Å². The molecule has 0 bridgehead atoms. The fourth-order valence-corrected chi connectivity index (χ4v) is 2.57. The van der Waals surface area contributed by atoms with Gasteiger partial charge >= 0.3 is 29.6 Å². The Morgan fingerprint density at radius 3 is 2.04 bits per heavy atom. The quantitative estimate of drug-likeness (QED) is 0.118. The zero-order valence-electron chi connectivity index (χ0n) is 14.4. The van der Waals surface area contributed by atoms with Crippen LogP contribution >= 0.6 is 0 Å². The van der Waals surface area contributed by atoms with Crippen molar-refractivity contribution in [3.63, 3.8) is 0 Å². The second-order valence-corrected chi connectivity index (χ2v) is 6.33. The van der Waals surface area contributed by atoms with Crippen LogP contribution in [0.4, 0.5) is 0 Å². The molecule has 0 aromatic carbocycles. The summed E-state index contributed by atoms with van der Waals surface area (Å²) >= 11 is 0. The minimum atomic E-state index is -4.84. The summed E-state index contributed by atoms with van der Waals surface area (Å²) < 4.78 is 36.2. The van der Waals surface area contributed by atoms with Crippen molar-refractivity contribution in [3.05, 3.63) is 12.7 Å². The molecule has 0 radical (unpaired) electrons. The molecule has 0 aliphatic rings. The number of unbranched alkanes of at least 4 members (excludes halogenated alkanes) is 8. The molecule has 0 rings (SSSR count). The zero-order chi connectivity index (χ0) is 16.8. The summed E-state index contributed by atoms with van der Waals surface area (Å²) in [5.41, 5.74) is 0. The molecule has 1 atom stereocenters. The smallest absolute Gasteiger partial charge is 0.725 e. The number of nitrogens with one attached hydrogen (secondary N) is 1. The topological polar surface area (TPSA) is 95.5 Å². The number of amides is 1. The molecule has 6 nitrogen and oxygen atoms in total. The fourth-order valence-electron chi connectivity index (χ4n) is 2.14. The Balaban J connectivity index is 0. The third-order valence-electron chi connectivity index (χ3n) is 3.29. The number of hydrogen-bond donors (Lipinski definition) is 1. The normalized spacial score (nSPS) is 12.3. The van der Waals surface area contributed by atoms with Gasteiger partial charge in [0.2, 0.25) is 16.3 Å². The molecule has 0 saturated carbocycles. The predicted molar refractivity (Wildman–Crippen MR) is 84.8 cm³/mol. The van der Waals surface area contributed by atoms with Crippen LogP contribution < -0.4 is 34.9 Å². The molecule has 0 spiro atoms. The molecular weight excluding hydrogens is 329 g/mol.